The van der Waals surface area contributed by atoms with Crippen molar-refractivity contribution < 1.29 is 4.79 Å². The lowest BCUT2D eigenvalue weighted by molar-refractivity contribution is -0.131. The normalized spacial score (nSPS) is 16.5. The van der Waals surface area contributed by atoms with Gasteiger partial charge in [0.05, 0.1) is 5.25 Å². The summed E-state index contributed by atoms with van der Waals surface area (Å²) in [7, 11) is 0. The van der Waals surface area contributed by atoms with Crippen molar-refractivity contribution in [3.05, 3.63) is 45.9 Å². The fourth-order valence-electron chi connectivity index (χ4n) is 3.29. The highest BCUT2D eigenvalue weighted by Gasteiger charge is 2.28. The number of thioether (sulfide) groups is 1. The second-order valence-electron chi connectivity index (χ2n) is 6.64. The van der Waals surface area contributed by atoms with Gasteiger partial charge in [0.25, 0.3) is 5.56 Å². The number of nitrogens with one attached hydrogen (secondary N) is 1. The standard InChI is InChI=1S/C18H23N5O2S/c1-11-9-19-10-20-16(11)14-4-6-23(7-5-14)17(25)13(3)26-18-21-12(2)8-15(24)22-18/h8-10,13-14H,4-7H2,1-3H3,(H,21,22,24). The topological polar surface area (TPSA) is 91.8 Å². The van der Waals surface area contributed by atoms with Gasteiger partial charge in [-0.1, -0.05) is 11.8 Å². The largest absolute Gasteiger partial charge is 0.342 e. The van der Waals surface area contributed by atoms with Gasteiger partial charge in [-0.05, 0) is 39.2 Å². The molecule has 8 heteroatoms. The van der Waals surface area contributed by atoms with Gasteiger partial charge in [0.15, 0.2) is 5.16 Å². The second-order valence-corrected chi connectivity index (χ2v) is 7.97. The Morgan fingerprint density at radius 1 is 1.35 bits per heavy atom. The molecule has 1 atom stereocenters. The number of amides is 1. The van der Waals surface area contributed by atoms with E-state index in [1.54, 1.807) is 13.3 Å². The third-order valence-electron chi connectivity index (χ3n) is 4.61. The number of aryl methyl sites for hydroxylation is 2. The number of likely N-dealkylation sites (tertiary alicyclic amines) is 1. The van der Waals surface area contributed by atoms with Crippen LogP contribution in [0.3, 0.4) is 0 Å². The van der Waals surface area contributed by atoms with Gasteiger partial charge < -0.3 is 9.88 Å². The lowest BCUT2D eigenvalue weighted by atomic mass is 9.91. The highest BCUT2D eigenvalue weighted by molar-refractivity contribution is 8.00. The smallest absolute Gasteiger partial charge is 0.251 e. The molecule has 1 unspecified atom stereocenters. The highest BCUT2D eigenvalue weighted by atomic mass is 32.2. The van der Waals surface area contributed by atoms with Crippen LogP contribution in [-0.4, -0.2) is 49.1 Å². The van der Waals surface area contributed by atoms with Gasteiger partial charge in [0, 0.05) is 42.7 Å². The first-order chi connectivity index (χ1) is 12.4. The van der Waals surface area contributed by atoms with Gasteiger partial charge in [-0.15, -0.1) is 0 Å². The summed E-state index contributed by atoms with van der Waals surface area (Å²) in [6.45, 7) is 7.09. The maximum atomic E-state index is 12.7. The zero-order valence-electron chi connectivity index (χ0n) is 15.2. The summed E-state index contributed by atoms with van der Waals surface area (Å²) in [6.07, 6.45) is 5.24. The minimum Gasteiger partial charge on any atom is -0.342 e. The van der Waals surface area contributed by atoms with Crippen LogP contribution in [0.25, 0.3) is 0 Å². The Bertz CT molecular complexity index is 845. The van der Waals surface area contributed by atoms with Gasteiger partial charge in [-0.2, -0.15) is 0 Å². The number of piperidine rings is 1. The molecule has 3 heterocycles. The van der Waals surface area contributed by atoms with Crippen molar-refractivity contribution in [3.63, 3.8) is 0 Å². The van der Waals surface area contributed by atoms with Crippen molar-refractivity contribution in [3.8, 4) is 0 Å². The molecule has 138 valence electrons. The van der Waals surface area contributed by atoms with Crippen LogP contribution in [0.1, 0.15) is 42.6 Å². The molecule has 0 aromatic carbocycles. The number of hydrogen-bond donors (Lipinski definition) is 1. The predicted molar refractivity (Wildman–Crippen MR) is 100 cm³/mol. The van der Waals surface area contributed by atoms with E-state index < -0.39 is 0 Å². The summed E-state index contributed by atoms with van der Waals surface area (Å²) in [4.78, 5) is 41.6. The Morgan fingerprint density at radius 3 is 2.73 bits per heavy atom. The van der Waals surface area contributed by atoms with Crippen LogP contribution in [0.5, 0.6) is 0 Å². The molecule has 0 spiro atoms. The highest BCUT2D eigenvalue weighted by Crippen LogP contribution is 2.29. The maximum Gasteiger partial charge on any atom is 0.251 e. The van der Waals surface area contributed by atoms with Gasteiger partial charge in [-0.25, -0.2) is 15.0 Å². The quantitative estimate of drug-likeness (QED) is 0.651. The average Bonchev–Trinajstić information content (AvgIpc) is 2.61. The summed E-state index contributed by atoms with van der Waals surface area (Å²) >= 11 is 1.29. The molecule has 3 rings (SSSR count). The Kier molecular flexibility index (Phi) is 5.70. The molecule has 1 fully saturated rings. The Morgan fingerprint density at radius 2 is 2.08 bits per heavy atom. The van der Waals surface area contributed by atoms with Crippen LogP contribution in [0.2, 0.25) is 0 Å². The van der Waals surface area contributed by atoms with Gasteiger partial charge >= 0.3 is 0 Å². The Hall–Kier alpha value is -2.22. The first kappa shape index (κ1) is 18.6. The van der Waals surface area contributed by atoms with Crippen molar-refractivity contribution in [2.45, 2.75) is 49.9 Å². The monoisotopic (exact) mass is 373 g/mol. The summed E-state index contributed by atoms with van der Waals surface area (Å²) in [5, 5.41) is 0.194. The van der Waals surface area contributed by atoms with Crippen molar-refractivity contribution in [1.82, 2.24) is 24.8 Å². The molecule has 2 aromatic rings. The van der Waals surface area contributed by atoms with E-state index in [9.17, 15) is 9.59 Å². The van der Waals surface area contributed by atoms with Crippen molar-refractivity contribution in [1.29, 1.82) is 0 Å². The molecule has 1 aliphatic heterocycles. The van der Waals surface area contributed by atoms with E-state index in [0.29, 0.717) is 16.8 Å². The second kappa shape index (κ2) is 7.99. The Labute approximate surface area is 156 Å². The summed E-state index contributed by atoms with van der Waals surface area (Å²) in [6, 6.07) is 1.44. The van der Waals surface area contributed by atoms with Gasteiger partial charge in [-0.3, -0.25) is 9.59 Å². The van der Waals surface area contributed by atoms with Crippen molar-refractivity contribution in [2.24, 2.45) is 0 Å². The van der Waals surface area contributed by atoms with Crippen LogP contribution >= 0.6 is 11.8 Å². The molecule has 1 amide bonds. The molecule has 0 radical (unpaired) electrons. The molecule has 0 aliphatic carbocycles. The average molecular weight is 373 g/mol. The molecule has 7 nitrogen and oxygen atoms in total. The van der Waals surface area contributed by atoms with Crippen LogP contribution in [-0.2, 0) is 4.79 Å². The fraction of sp³-hybridized carbons (Fsp3) is 0.500. The molecule has 1 aliphatic rings. The summed E-state index contributed by atoms with van der Waals surface area (Å²) < 4.78 is 0. The number of carbonyl (C=O) groups excluding carboxylic acids is 1. The number of H-pyrrole nitrogens is 1. The minimum absolute atomic E-state index is 0.0806. The zero-order valence-corrected chi connectivity index (χ0v) is 16.0. The lowest BCUT2D eigenvalue weighted by Gasteiger charge is -2.33. The first-order valence-electron chi connectivity index (χ1n) is 8.74. The third kappa shape index (κ3) is 4.30. The number of aromatic nitrogens is 4. The predicted octanol–water partition coefficient (Wildman–Crippen LogP) is 2.06. The van der Waals surface area contributed by atoms with Crippen LogP contribution in [0, 0.1) is 13.8 Å². The molecule has 1 N–H and O–H groups in total. The van der Waals surface area contributed by atoms with E-state index in [2.05, 4.69) is 19.9 Å². The SMILES string of the molecule is Cc1cc(=O)[nH]c(SC(C)C(=O)N2CCC(c3ncncc3C)CC2)n1. The van der Waals surface area contributed by atoms with Crippen LogP contribution in [0.4, 0.5) is 0 Å². The molecular weight excluding hydrogens is 350 g/mol. The third-order valence-corrected chi connectivity index (χ3v) is 5.59. The molecule has 2 aromatic heterocycles. The number of nitrogens with zero attached hydrogens (tertiary/aromatic N) is 4. The van der Waals surface area contributed by atoms with Crippen molar-refractivity contribution in [2.75, 3.05) is 13.1 Å². The van der Waals surface area contributed by atoms with E-state index in [-0.39, 0.29) is 16.7 Å². The first-order valence-corrected chi connectivity index (χ1v) is 9.62. The lowest BCUT2D eigenvalue weighted by Crippen LogP contribution is -2.42. The summed E-state index contributed by atoms with van der Waals surface area (Å²) in [5.41, 5.74) is 2.66. The zero-order chi connectivity index (χ0) is 18.7. The molecule has 0 bridgehead atoms. The van der Waals surface area contributed by atoms with Gasteiger partial charge in [0.2, 0.25) is 5.91 Å². The van der Waals surface area contributed by atoms with Gasteiger partial charge in [0.1, 0.15) is 6.33 Å². The van der Waals surface area contributed by atoms with E-state index in [0.717, 1.165) is 37.2 Å². The summed E-state index contributed by atoms with van der Waals surface area (Å²) in [5.74, 6) is 0.455. The van der Waals surface area contributed by atoms with E-state index in [1.807, 2.05) is 24.9 Å². The molecule has 26 heavy (non-hydrogen) atoms. The number of aromatic amines is 1. The minimum atomic E-state index is -0.294. The fourth-order valence-corrected chi connectivity index (χ4v) is 4.23. The van der Waals surface area contributed by atoms with Crippen LogP contribution in [0.15, 0.2) is 28.5 Å². The molecule has 1 saturated heterocycles. The van der Waals surface area contributed by atoms with E-state index in [1.165, 1.54) is 17.8 Å². The maximum absolute atomic E-state index is 12.7. The van der Waals surface area contributed by atoms with E-state index in [4.69, 9.17) is 0 Å². The van der Waals surface area contributed by atoms with Crippen LogP contribution < -0.4 is 5.56 Å². The number of rotatable bonds is 4. The molecular formula is C18H23N5O2S. The number of carbonyl (C=O) groups is 1. The Balaban J connectivity index is 1.59. The number of hydrogen-bond acceptors (Lipinski definition) is 6. The van der Waals surface area contributed by atoms with Crippen molar-refractivity contribution >= 4 is 17.7 Å². The molecule has 0 saturated carbocycles. The van der Waals surface area contributed by atoms with E-state index >= 15 is 0 Å².